The second kappa shape index (κ2) is 8.62. The number of fused-ring (bicyclic) bond motifs is 2. The number of piperazine rings is 2. The number of aromatic nitrogens is 1. The van der Waals surface area contributed by atoms with E-state index in [9.17, 15) is 14.3 Å². The maximum atomic E-state index is 14.9. The Morgan fingerprint density at radius 3 is 2.79 bits per heavy atom. The molecule has 1 amide bonds. The smallest absolute Gasteiger partial charge is 0.261 e. The number of hydrogen-bond acceptors (Lipinski definition) is 7. The van der Waals surface area contributed by atoms with Gasteiger partial charge in [-0.2, -0.15) is 0 Å². The Morgan fingerprint density at radius 1 is 1.21 bits per heavy atom. The van der Waals surface area contributed by atoms with Crippen LogP contribution >= 0.6 is 11.6 Å². The molecular formula is C23H27ClFN5O3. The summed E-state index contributed by atoms with van der Waals surface area (Å²) in [4.78, 5) is 22.4. The van der Waals surface area contributed by atoms with E-state index in [4.69, 9.17) is 21.3 Å². The Bertz CT molecular complexity index is 1080. The van der Waals surface area contributed by atoms with Crippen LogP contribution in [0.1, 0.15) is 24.2 Å². The summed E-state index contributed by atoms with van der Waals surface area (Å²) >= 11 is 6.73. The predicted molar refractivity (Wildman–Crippen MR) is 124 cm³/mol. The SMILES string of the molecule is CC1NCCN(c2nc(-c3c(O)cccc3F)c(Cl)c3c2C(=O)N2CCNC[C@@H]2CO3)C1C. The fourth-order valence-electron chi connectivity index (χ4n) is 4.83. The van der Waals surface area contributed by atoms with Crippen molar-refractivity contribution in [3.8, 4) is 22.8 Å². The molecule has 0 radical (unpaired) electrons. The topological polar surface area (TPSA) is 90.0 Å². The number of benzene rings is 1. The van der Waals surface area contributed by atoms with Crippen LogP contribution in [0.3, 0.4) is 0 Å². The van der Waals surface area contributed by atoms with Crippen LogP contribution in [-0.4, -0.2) is 78.4 Å². The number of pyridine rings is 1. The lowest BCUT2D eigenvalue weighted by molar-refractivity contribution is 0.0606. The van der Waals surface area contributed by atoms with E-state index in [0.717, 1.165) is 0 Å². The minimum atomic E-state index is -0.654. The molecule has 0 spiro atoms. The fourth-order valence-corrected chi connectivity index (χ4v) is 5.12. The van der Waals surface area contributed by atoms with Gasteiger partial charge in [-0.3, -0.25) is 4.79 Å². The van der Waals surface area contributed by atoms with Crippen LogP contribution in [0.15, 0.2) is 18.2 Å². The summed E-state index contributed by atoms with van der Waals surface area (Å²) in [6.07, 6.45) is 0. The first-order valence-electron chi connectivity index (χ1n) is 11.2. The second-order valence-corrected chi connectivity index (χ2v) is 9.16. The van der Waals surface area contributed by atoms with Crippen LogP contribution in [0.2, 0.25) is 5.02 Å². The molecule has 33 heavy (non-hydrogen) atoms. The van der Waals surface area contributed by atoms with Gasteiger partial charge in [0.05, 0.1) is 11.6 Å². The van der Waals surface area contributed by atoms with E-state index in [1.807, 2.05) is 4.90 Å². The van der Waals surface area contributed by atoms with Crippen molar-refractivity contribution in [2.45, 2.75) is 32.0 Å². The van der Waals surface area contributed by atoms with Crippen molar-refractivity contribution in [3.05, 3.63) is 34.6 Å². The molecule has 3 atom stereocenters. The van der Waals surface area contributed by atoms with E-state index in [1.165, 1.54) is 18.2 Å². The zero-order valence-electron chi connectivity index (χ0n) is 18.6. The molecule has 1 aromatic carbocycles. The summed E-state index contributed by atoms with van der Waals surface area (Å²) in [5, 5.41) is 17.2. The van der Waals surface area contributed by atoms with Crippen LogP contribution in [0, 0.1) is 5.82 Å². The standard InChI is InChI=1S/C23H27ClFN5O3/c1-12-13(2)29(9-7-27-12)22-18-21(33-11-14-10-26-6-8-30(14)23(18)32)19(24)20(28-22)17-15(25)4-3-5-16(17)31/h3-5,12-14,26-27,31H,6-11H2,1-2H3/t12?,13?,14-/m1/s1. The molecule has 2 unspecified atom stereocenters. The van der Waals surface area contributed by atoms with Crippen molar-refractivity contribution >= 4 is 23.3 Å². The number of anilines is 1. The van der Waals surface area contributed by atoms with Crippen LogP contribution in [0.5, 0.6) is 11.5 Å². The van der Waals surface area contributed by atoms with Gasteiger partial charge in [0.15, 0.2) is 5.75 Å². The zero-order valence-corrected chi connectivity index (χ0v) is 19.3. The van der Waals surface area contributed by atoms with Gasteiger partial charge in [-0.25, -0.2) is 9.37 Å². The molecule has 3 aliphatic heterocycles. The van der Waals surface area contributed by atoms with Crippen molar-refractivity contribution < 1.29 is 19.0 Å². The lowest BCUT2D eigenvalue weighted by Gasteiger charge is -2.41. The van der Waals surface area contributed by atoms with Crippen molar-refractivity contribution in [1.82, 2.24) is 20.5 Å². The van der Waals surface area contributed by atoms with Gasteiger partial charge >= 0.3 is 0 Å². The summed E-state index contributed by atoms with van der Waals surface area (Å²) in [6, 6.07) is 4.05. The number of nitrogens with one attached hydrogen (secondary N) is 2. The first-order chi connectivity index (χ1) is 15.9. The monoisotopic (exact) mass is 475 g/mol. The highest BCUT2D eigenvalue weighted by Gasteiger charge is 2.40. The summed E-state index contributed by atoms with van der Waals surface area (Å²) in [5.41, 5.74) is 0.247. The number of carbonyl (C=O) groups is 1. The number of amides is 1. The molecule has 1 aromatic heterocycles. The molecule has 8 nitrogen and oxygen atoms in total. The molecule has 176 valence electrons. The van der Waals surface area contributed by atoms with E-state index in [-0.39, 0.29) is 58.4 Å². The minimum absolute atomic E-state index is 0.00784. The summed E-state index contributed by atoms with van der Waals surface area (Å²) in [5.74, 6) is -0.535. The number of nitrogens with zero attached hydrogens (tertiary/aromatic N) is 3. The van der Waals surface area contributed by atoms with Crippen LogP contribution in [-0.2, 0) is 0 Å². The third-order valence-corrected chi connectivity index (χ3v) is 7.21. The molecule has 5 rings (SSSR count). The maximum absolute atomic E-state index is 14.9. The predicted octanol–water partition coefficient (Wildman–Crippen LogP) is 2.24. The van der Waals surface area contributed by atoms with Gasteiger partial charge in [0.1, 0.15) is 40.3 Å². The Labute approximate surface area is 196 Å². The van der Waals surface area contributed by atoms with Crippen LogP contribution < -0.4 is 20.3 Å². The second-order valence-electron chi connectivity index (χ2n) is 8.78. The minimum Gasteiger partial charge on any atom is -0.507 e. The molecule has 10 heteroatoms. The summed E-state index contributed by atoms with van der Waals surface area (Å²) in [7, 11) is 0. The van der Waals surface area contributed by atoms with E-state index in [1.54, 1.807) is 4.90 Å². The third-order valence-electron chi connectivity index (χ3n) is 6.86. The quantitative estimate of drug-likeness (QED) is 0.613. The van der Waals surface area contributed by atoms with Crippen molar-refractivity contribution in [3.63, 3.8) is 0 Å². The van der Waals surface area contributed by atoms with Gasteiger partial charge in [0.25, 0.3) is 5.91 Å². The number of carbonyl (C=O) groups excluding carboxylic acids is 1. The Balaban J connectivity index is 1.76. The molecule has 0 bridgehead atoms. The lowest BCUT2D eigenvalue weighted by atomic mass is 10.0. The highest BCUT2D eigenvalue weighted by atomic mass is 35.5. The number of phenolic OH excluding ortho intramolecular Hbond substituents is 1. The zero-order chi connectivity index (χ0) is 23.3. The van der Waals surface area contributed by atoms with Crippen molar-refractivity contribution in [2.24, 2.45) is 0 Å². The Hall–Kier alpha value is -2.62. The third kappa shape index (κ3) is 3.68. The molecule has 0 saturated carbocycles. The first-order valence-corrected chi connectivity index (χ1v) is 11.6. The number of rotatable bonds is 2. The molecule has 3 N–H and O–H groups in total. The average Bonchev–Trinajstić information content (AvgIpc) is 2.95. The van der Waals surface area contributed by atoms with Crippen LogP contribution in [0.4, 0.5) is 10.2 Å². The highest BCUT2D eigenvalue weighted by molar-refractivity contribution is 6.35. The van der Waals surface area contributed by atoms with Crippen LogP contribution in [0.25, 0.3) is 11.3 Å². The lowest BCUT2D eigenvalue weighted by Crippen LogP contribution is -2.57. The number of halogens is 2. The Morgan fingerprint density at radius 2 is 2.00 bits per heavy atom. The van der Waals surface area contributed by atoms with E-state index in [0.29, 0.717) is 44.1 Å². The van der Waals surface area contributed by atoms with Gasteiger partial charge in [-0.1, -0.05) is 17.7 Å². The molecule has 2 saturated heterocycles. The normalized spacial score (nSPS) is 25.2. The van der Waals surface area contributed by atoms with Gasteiger partial charge in [-0.05, 0) is 26.0 Å². The number of hydrogen-bond donors (Lipinski definition) is 3. The van der Waals surface area contributed by atoms with Crippen molar-refractivity contribution in [1.29, 1.82) is 0 Å². The summed E-state index contributed by atoms with van der Waals surface area (Å²) in [6.45, 7) is 7.54. The van der Waals surface area contributed by atoms with Gasteiger partial charge in [-0.15, -0.1) is 0 Å². The number of aromatic hydroxyl groups is 1. The number of phenols is 1. The van der Waals surface area contributed by atoms with Gasteiger partial charge < -0.3 is 30.3 Å². The molecule has 0 aliphatic carbocycles. The average molecular weight is 476 g/mol. The molecule has 3 aliphatic rings. The van der Waals surface area contributed by atoms with E-state index >= 15 is 0 Å². The fraction of sp³-hybridized carbons (Fsp3) is 0.478. The highest BCUT2D eigenvalue weighted by Crippen LogP contribution is 2.46. The largest absolute Gasteiger partial charge is 0.507 e. The molecule has 2 fully saturated rings. The molecule has 2 aromatic rings. The Kier molecular flexibility index (Phi) is 5.80. The van der Waals surface area contributed by atoms with Gasteiger partial charge in [0, 0.05) is 44.8 Å². The maximum Gasteiger partial charge on any atom is 0.261 e. The number of ether oxygens (including phenoxy) is 1. The summed E-state index contributed by atoms with van der Waals surface area (Å²) < 4.78 is 21.0. The van der Waals surface area contributed by atoms with E-state index < -0.39 is 5.82 Å². The molecular weight excluding hydrogens is 449 g/mol. The first kappa shape index (κ1) is 22.2. The van der Waals surface area contributed by atoms with E-state index in [2.05, 4.69) is 24.5 Å². The van der Waals surface area contributed by atoms with Crippen molar-refractivity contribution in [2.75, 3.05) is 44.2 Å². The van der Waals surface area contributed by atoms with Gasteiger partial charge in [0.2, 0.25) is 0 Å². The molecule has 4 heterocycles.